The Morgan fingerprint density at radius 3 is 3.18 bits per heavy atom. The Labute approximate surface area is 78.1 Å². The van der Waals surface area contributed by atoms with E-state index in [-0.39, 0.29) is 5.91 Å². The van der Waals surface area contributed by atoms with Crippen molar-refractivity contribution in [3.05, 3.63) is 10.7 Å². The minimum absolute atomic E-state index is 0.242. The number of nitrogens with zero attached hydrogens (tertiary/aromatic N) is 1. The predicted molar refractivity (Wildman–Crippen MR) is 49.3 cm³/mol. The van der Waals surface area contributed by atoms with Gasteiger partial charge in [0.25, 0.3) is 0 Å². The van der Waals surface area contributed by atoms with Crippen LogP contribution in [0.4, 0.5) is 0 Å². The van der Waals surface area contributed by atoms with E-state index < -0.39 is 0 Å². The summed E-state index contributed by atoms with van der Waals surface area (Å²) >= 11 is 5.27. The van der Waals surface area contributed by atoms with Gasteiger partial charge in [0.15, 0.2) is 0 Å². The van der Waals surface area contributed by atoms with E-state index in [0.29, 0.717) is 17.0 Å². The van der Waals surface area contributed by atoms with E-state index in [1.165, 1.54) is 0 Å². The lowest BCUT2D eigenvalue weighted by atomic mass is 10.2. The minimum Gasteiger partial charge on any atom is -0.305 e. The molecule has 1 fully saturated rings. The second-order valence-corrected chi connectivity index (χ2v) is 5.19. The van der Waals surface area contributed by atoms with Gasteiger partial charge in [0.05, 0.1) is 11.8 Å². The van der Waals surface area contributed by atoms with Crippen LogP contribution in [0.2, 0.25) is 0 Å². The second kappa shape index (κ2) is 2.52. The fraction of sp³-hybridized carbons (Fsp3) is 0.571. The predicted octanol–water partition coefficient (Wildman–Crippen LogP) is 1.92. The minimum atomic E-state index is 0.242. The molecule has 2 nitrogen and oxygen atoms in total. The average Bonchev–Trinajstić information content (AvgIpc) is 1.97. The number of hydrogen-bond acceptors (Lipinski definition) is 2. The highest BCUT2D eigenvalue weighted by Gasteiger charge is 2.39. The Balaban J connectivity index is 2.21. The third-order valence-corrected chi connectivity index (χ3v) is 4.52. The zero-order valence-corrected chi connectivity index (χ0v) is 8.48. The van der Waals surface area contributed by atoms with Gasteiger partial charge in [-0.05, 0) is 6.92 Å². The molecule has 2 rings (SSSR count). The Morgan fingerprint density at radius 1 is 1.82 bits per heavy atom. The Hall–Kier alpha value is 0.0400. The zero-order chi connectivity index (χ0) is 8.01. The summed E-state index contributed by atoms with van der Waals surface area (Å²) in [6.45, 7) is 2.14. The second-order valence-electron chi connectivity index (χ2n) is 2.75. The molecule has 2 aliphatic rings. The first kappa shape index (κ1) is 7.68. The highest BCUT2D eigenvalue weighted by atomic mass is 79.9. The molecule has 0 N–H and O–H groups in total. The molecule has 1 unspecified atom stereocenters. The summed E-state index contributed by atoms with van der Waals surface area (Å²) in [7, 11) is 0. The van der Waals surface area contributed by atoms with Crippen molar-refractivity contribution in [3.8, 4) is 0 Å². The van der Waals surface area contributed by atoms with Crippen LogP contribution < -0.4 is 0 Å². The van der Waals surface area contributed by atoms with Crippen LogP contribution in [0, 0.1) is 0 Å². The molecule has 4 heteroatoms. The molecule has 0 radical (unpaired) electrons. The van der Waals surface area contributed by atoms with E-state index >= 15 is 0 Å². The number of hydrogen-bond donors (Lipinski definition) is 0. The van der Waals surface area contributed by atoms with Crippen molar-refractivity contribution in [2.45, 2.75) is 24.0 Å². The van der Waals surface area contributed by atoms with Crippen LogP contribution in [0.3, 0.4) is 0 Å². The maximum absolute atomic E-state index is 11.0. The third kappa shape index (κ3) is 1.12. The summed E-state index contributed by atoms with van der Waals surface area (Å²) < 4.78 is 1.12. The number of β-lactam (4-membered cyclic amide) rings is 1. The quantitative estimate of drug-likeness (QED) is 0.597. The number of fused-ring (bicyclic) bond motifs is 1. The maximum atomic E-state index is 11.0. The molecule has 0 aliphatic carbocycles. The van der Waals surface area contributed by atoms with Crippen molar-refractivity contribution in [1.29, 1.82) is 0 Å². The fourth-order valence-corrected chi connectivity index (χ4v) is 2.96. The average molecular weight is 234 g/mol. The topological polar surface area (TPSA) is 20.3 Å². The molecule has 0 spiro atoms. The van der Waals surface area contributed by atoms with Crippen molar-refractivity contribution in [3.63, 3.8) is 0 Å². The van der Waals surface area contributed by atoms with Gasteiger partial charge in [0.2, 0.25) is 5.91 Å². The summed E-state index contributed by atoms with van der Waals surface area (Å²) in [6, 6.07) is 0. The summed E-state index contributed by atoms with van der Waals surface area (Å²) in [5, 5.41) is 0.920. The Morgan fingerprint density at radius 2 is 2.55 bits per heavy atom. The molecular weight excluding hydrogens is 226 g/mol. The van der Waals surface area contributed by atoms with Gasteiger partial charge in [-0.1, -0.05) is 15.9 Å². The van der Waals surface area contributed by atoms with Gasteiger partial charge < -0.3 is 4.90 Å². The number of halogens is 1. The summed E-state index contributed by atoms with van der Waals surface area (Å²) in [4.78, 5) is 12.8. The first-order valence-electron chi connectivity index (χ1n) is 3.52. The molecule has 1 amide bonds. The highest BCUT2D eigenvalue weighted by molar-refractivity contribution is 9.11. The molecular formula is C7H8BrNOS. The van der Waals surface area contributed by atoms with Crippen LogP contribution in [-0.2, 0) is 4.79 Å². The van der Waals surface area contributed by atoms with E-state index in [1.807, 2.05) is 18.0 Å². The fourth-order valence-electron chi connectivity index (χ4n) is 1.21. The zero-order valence-electron chi connectivity index (χ0n) is 6.08. The van der Waals surface area contributed by atoms with Gasteiger partial charge in [-0.2, -0.15) is 0 Å². The van der Waals surface area contributed by atoms with E-state index in [4.69, 9.17) is 0 Å². The van der Waals surface area contributed by atoms with Gasteiger partial charge in [-0.15, -0.1) is 11.8 Å². The van der Waals surface area contributed by atoms with Gasteiger partial charge in [0.1, 0.15) is 0 Å². The van der Waals surface area contributed by atoms with Gasteiger partial charge in [-0.25, -0.2) is 0 Å². The number of carbonyl (C=O) groups is 1. The van der Waals surface area contributed by atoms with E-state index in [9.17, 15) is 4.79 Å². The largest absolute Gasteiger partial charge is 0.305 e. The van der Waals surface area contributed by atoms with Crippen molar-refractivity contribution in [2.75, 3.05) is 0 Å². The first-order valence-corrected chi connectivity index (χ1v) is 5.26. The molecule has 0 aromatic carbocycles. The lowest BCUT2D eigenvalue weighted by molar-refractivity contribution is -0.137. The number of rotatable bonds is 0. The molecule has 0 saturated carbocycles. The third-order valence-electron chi connectivity index (χ3n) is 1.96. The van der Waals surface area contributed by atoms with Crippen LogP contribution >= 0.6 is 27.7 Å². The number of carbonyl (C=O) groups excluding carboxylic acids is 1. The lowest BCUT2D eigenvalue weighted by Crippen LogP contribution is -2.49. The van der Waals surface area contributed by atoms with Crippen molar-refractivity contribution >= 4 is 33.6 Å². The van der Waals surface area contributed by atoms with Crippen molar-refractivity contribution < 1.29 is 4.79 Å². The van der Waals surface area contributed by atoms with Gasteiger partial charge in [0, 0.05) is 15.9 Å². The number of thioether (sulfide) groups is 1. The molecule has 11 heavy (non-hydrogen) atoms. The molecule has 2 heterocycles. The van der Waals surface area contributed by atoms with Crippen LogP contribution in [-0.4, -0.2) is 21.4 Å². The lowest BCUT2D eigenvalue weighted by Gasteiger charge is -2.42. The first-order chi connectivity index (χ1) is 5.18. The Kier molecular flexibility index (Phi) is 1.76. The molecule has 2 aliphatic heterocycles. The summed E-state index contributed by atoms with van der Waals surface area (Å²) in [6.07, 6.45) is 2.63. The summed E-state index contributed by atoms with van der Waals surface area (Å²) in [5.41, 5.74) is 0. The number of amides is 1. The molecule has 60 valence electrons. The monoisotopic (exact) mass is 233 g/mol. The molecule has 0 aromatic rings. The maximum Gasteiger partial charge on any atom is 0.230 e. The standard InChI is InChI=1S/C7H8BrNOS/c1-4-5(8)3-9-6(10)2-7(9)11-4/h3-4,7H,2H2,1H3/t4?,7-/m1/s1. The van der Waals surface area contributed by atoms with Crippen LogP contribution in [0.5, 0.6) is 0 Å². The van der Waals surface area contributed by atoms with Crippen molar-refractivity contribution in [2.24, 2.45) is 0 Å². The molecule has 0 bridgehead atoms. The SMILES string of the molecule is CC1S[C@@H]2CC(=O)N2C=C1Br. The normalized spacial score (nSPS) is 36.0. The van der Waals surface area contributed by atoms with E-state index in [1.54, 1.807) is 4.90 Å². The molecule has 1 saturated heterocycles. The van der Waals surface area contributed by atoms with E-state index in [2.05, 4.69) is 22.9 Å². The highest BCUT2D eigenvalue weighted by Crippen LogP contribution is 2.41. The smallest absolute Gasteiger partial charge is 0.230 e. The van der Waals surface area contributed by atoms with Crippen LogP contribution in [0.15, 0.2) is 10.7 Å². The van der Waals surface area contributed by atoms with Gasteiger partial charge >= 0.3 is 0 Å². The van der Waals surface area contributed by atoms with Gasteiger partial charge in [-0.3, -0.25) is 4.79 Å². The summed E-state index contributed by atoms with van der Waals surface area (Å²) in [5.74, 6) is 0.242. The molecule has 2 atom stereocenters. The van der Waals surface area contributed by atoms with Crippen LogP contribution in [0.1, 0.15) is 13.3 Å². The van der Waals surface area contributed by atoms with Crippen molar-refractivity contribution in [1.82, 2.24) is 4.90 Å². The molecule has 0 aromatic heterocycles. The van der Waals surface area contributed by atoms with Crippen LogP contribution in [0.25, 0.3) is 0 Å². The van der Waals surface area contributed by atoms with E-state index in [0.717, 1.165) is 4.48 Å². The Bertz CT molecular complexity index is 241.